The highest BCUT2D eigenvalue weighted by Gasteiger charge is 2.25. The van der Waals surface area contributed by atoms with Crippen LogP contribution in [-0.4, -0.2) is 69.1 Å². The summed E-state index contributed by atoms with van der Waals surface area (Å²) in [5.41, 5.74) is 7.97. The van der Waals surface area contributed by atoms with E-state index in [4.69, 9.17) is 4.98 Å². The number of hydrogen-bond donors (Lipinski definition) is 1. The molecule has 3 amide bonds. The van der Waals surface area contributed by atoms with E-state index < -0.39 is 6.03 Å². The fourth-order valence-electron chi connectivity index (χ4n) is 6.46. The summed E-state index contributed by atoms with van der Waals surface area (Å²) in [5.74, 6) is -0.664. The van der Waals surface area contributed by atoms with Crippen molar-refractivity contribution in [2.75, 3.05) is 42.5 Å². The Hall–Kier alpha value is -5.68. The first-order valence-corrected chi connectivity index (χ1v) is 15.7. The molecule has 3 aromatic carbocycles. The summed E-state index contributed by atoms with van der Waals surface area (Å²) in [7, 11) is 0. The second kappa shape index (κ2) is 11.9. The number of hydrogen-bond acceptors (Lipinski definition) is 7. The van der Waals surface area contributed by atoms with Crippen LogP contribution in [0.25, 0.3) is 38.8 Å². The highest BCUT2D eigenvalue weighted by atomic mass is 19.1. The minimum absolute atomic E-state index is 0.201. The van der Waals surface area contributed by atoms with Crippen LogP contribution in [0.4, 0.5) is 20.6 Å². The van der Waals surface area contributed by atoms with Crippen molar-refractivity contribution < 1.29 is 14.0 Å². The average Bonchev–Trinajstić information content (AvgIpc) is 3.53. The standard InChI is InChI=1S/C36H31FN8O2/c37-32-19-28(44-14-12-34(46)41-36(44)47)10-7-25(32)22-42-15-17-43(18-16-42)27-8-5-24(6-9-27)26-20-39-35-31(21-40-45(35)23-26)29-11-13-38-33-4-2-1-3-30(29)33/h1-11,13,19-21,23H,12,14-18,22H2,(H,41,46,47). The molecule has 0 atom stereocenters. The van der Waals surface area contributed by atoms with Crippen molar-refractivity contribution in [2.45, 2.75) is 13.0 Å². The Bertz CT molecular complexity index is 2130. The van der Waals surface area contributed by atoms with Gasteiger partial charge in [-0.3, -0.25) is 24.9 Å². The Morgan fingerprint density at radius 3 is 2.40 bits per heavy atom. The lowest BCUT2D eigenvalue weighted by Crippen LogP contribution is -2.49. The van der Waals surface area contributed by atoms with E-state index in [1.807, 2.05) is 53.6 Å². The van der Waals surface area contributed by atoms with Gasteiger partial charge < -0.3 is 4.90 Å². The second-order valence-electron chi connectivity index (χ2n) is 11.9. The van der Waals surface area contributed by atoms with Crippen LogP contribution < -0.4 is 15.1 Å². The molecule has 47 heavy (non-hydrogen) atoms. The molecule has 11 heteroatoms. The number of pyridine rings is 1. The van der Waals surface area contributed by atoms with Crippen LogP contribution in [0.2, 0.25) is 0 Å². The fourth-order valence-corrected chi connectivity index (χ4v) is 6.46. The SMILES string of the molecule is O=C1CCN(c2ccc(CN3CCN(c4ccc(-c5cnc6c(-c7ccnc8ccccc78)cnn6c5)cc4)CC3)c(F)c2)C(=O)N1. The van der Waals surface area contributed by atoms with E-state index in [2.05, 4.69) is 55.5 Å². The number of nitrogens with zero attached hydrogens (tertiary/aromatic N) is 7. The first-order valence-electron chi connectivity index (χ1n) is 15.7. The third kappa shape index (κ3) is 5.55. The minimum atomic E-state index is -0.516. The monoisotopic (exact) mass is 626 g/mol. The highest BCUT2D eigenvalue weighted by molar-refractivity contribution is 6.05. The topological polar surface area (TPSA) is 99.0 Å². The number of fused-ring (bicyclic) bond motifs is 2. The quantitative estimate of drug-likeness (QED) is 0.260. The number of urea groups is 1. The number of carbonyl (C=O) groups excluding carboxylic acids is 2. The van der Waals surface area contributed by atoms with E-state index in [1.165, 1.54) is 11.0 Å². The number of carbonyl (C=O) groups is 2. The van der Waals surface area contributed by atoms with Crippen molar-refractivity contribution >= 4 is 39.9 Å². The maximum Gasteiger partial charge on any atom is 0.328 e. The number of imide groups is 1. The van der Waals surface area contributed by atoms with Crippen LogP contribution in [0, 0.1) is 5.82 Å². The van der Waals surface area contributed by atoms with Crippen LogP contribution in [-0.2, 0) is 11.3 Å². The zero-order valence-corrected chi connectivity index (χ0v) is 25.5. The van der Waals surface area contributed by atoms with Crippen molar-refractivity contribution in [3.05, 3.63) is 109 Å². The lowest BCUT2D eigenvalue weighted by atomic mass is 10.0. The molecular weight excluding hydrogens is 595 g/mol. The maximum atomic E-state index is 15.0. The first kappa shape index (κ1) is 28.8. The molecular formula is C36H31FN8O2. The summed E-state index contributed by atoms with van der Waals surface area (Å²) in [6.07, 6.45) is 7.79. The summed E-state index contributed by atoms with van der Waals surface area (Å²) in [4.78, 5) is 38.8. The number of piperazine rings is 1. The van der Waals surface area contributed by atoms with E-state index in [0.717, 1.165) is 70.7 Å². The molecule has 0 saturated carbocycles. The van der Waals surface area contributed by atoms with E-state index >= 15 is 4.39 Å². The average molecular weight is 627 g/mol. The van der Waals surface area contributed by atoms with Gasteiger partial charge in [0, 0.05) is 97.7 Å². The molecule has 0 unspecified atom stereocenters. The zero-order valence-electron chi connectivity index (χ0n) is 25.5. The molecule has 2 fully saturated rings. The summed E-state index contributed by atoms with van der Waals surface area (Å²) >= 11 is 0. The minimum Gasteiger partial charge on any atom is -0.369 e. The zero-order chi connectivity index (χ0) is 31.9. The van der Waals surface area contributed by atoms with Gasteiger partial charge >= 0.3 is 6.03 Å². The van der Waals surface area contributed by atoms with E-state index in [-0.39, 0.29) is 24.7 Å². The Morgan fingerprint density at radius 2 is 1.60 bits per heavy atom. The Kier molecular flexibility index (Phi) is 7.30. The van der Waals surface area contributed by atoms with Crippen molar-refractivity contribution in [1.29, 1.82) is 0 Å². The van der Waals surface area contributed by atoms with E-state index in [9.17, 15) is 9.59 Å². The van der Waals surface area contributed by atoms with E-state index in [1.54, 1.807) is 12.1 Å². The Morgan fingerprint density at radius 1 is 0.787 bits per heavy atom. The number of para-hydroxylation sites is 1. The first-order chi connectivity index (χ1) is 23.0. The second-order valence-corrected chi connectivity index (χ2v) is 11.9. The van der Waals surface area contributed by atoms with Crippen molar-refractivity contribution in [3.8, 4) is 22.3 Å². The highest BCUT2D eigenvalue weighted by Crippen LogP contribution is 2.31. The number of rotatable bonds is 6. The van der Waals surface area contributed by atoms with Gasteiger partial charge in [0.05, 0.1) is 11.7 Å². The molecule has 3 aromatic heterocycles. The molecule has 2 saturated heterocycles. The normalized spacial score (nSPS) is 15.9. The van der Waals surface area contributed by atoms with Gasteiger partial charge in [0.25, 0.3) is 0 Å². The van der Waals surface area contributed by atoms with Gasteiger partial charge in [-0.15, -0.1) is 0 Å². The number of aromatic nitrogens is 4. The fraction of sp³-hybridized carbons (Fsp3) is 0.194. The molecule has 0 bridgehead atoms. The van der Waals surface area contributed by atoms with Gasteiger partial charge in [-0.05, 0) is 47.5 Å². The molecule has 0 aliphatic carbocycles. The Balaban J connectivity index is 0.911. The molecule has 0 spiro atoms. The third-order valence-corrected chi connectivity index (χ3v) is 9.03. The smallest absolute Gasteiger partial charge is 0.328 e. The van der Waals surface area contributed by atoms with Crippen LogP contribution >= 0.6 is 0 Å². The molecule has 0 radical (unpaired) electrons. The van der Waals surface area contributed by atoms with Gasteiger partial charge in [0.1, 0.15) is 5.82 Å². The van der Waals surface area contributed by atoms with Crippen LogP contribution in [0.15, 0.2) is 97.6 Å². The van der Waals surface area contributed by atoms with Crippen molar-refractivity contribution in [2.24, 2.45) is 0 Å². The molecule has 2 aliphatic heterocycles. The molecule has 2 aliphatic rings. The Labute approximate surface area is 270 Å². The predicted molar refractivity (Wildman–Crippen MR) is 179 cm³/mol. The van der Waals surface area contributed by atoms with Crippen molar-refractivity contribution in [1.82, 2.24) is 29.8 Å². The van der Waals surface area contributed by atoms with Crippen LogP contribution in [0.3, 0.4) is 0 Å². The number of benzene rings is 3. The maximum absolute atomic E-state index is 15.0. The molecule has 10 nitrogen and oxygen atoms in total. The van der Waals surface area contributed by atoms with Gasteiger partial charge in [0.2, 0.25) is 5.91 Å². The third-order valence-electron chi connectivity index (χ3n) is 9.03. The summed E-state index contributed by atoms with van der Waals surface area (Å²) in [6, 6.07) is 22.9. The lowest BCUT2D eigenvalue weighted by Gasteiger charge is -2.36. The largest absolute Gasteiger partial charge is 0.369 e. The number of nitrogens with one attached hydrogen (secondary N) is 1. The molecule has 234 valence electrons. The summed E-state index contributed by atoms with van der Waals surface area (Å²) < 4.78 is 16.9. The molecule has 5 heterocycles. The summed E-state index contributed by atoms with van der Waals surface area (Å²) in [6.45, 7) is 3.99. The molecule has 6 aromatic rings. The molecule has 1 N–H and O–H groups in total. The van der Waals surface area contributed by atoms with Gasteiger partial charge in [-0.2, -0.15) is 5.10 Å². The van der Waals surface area contributed by atoms with Crippen LogP contribution in [0.1, 0.15) is 12.0 Å². The molecule has 8 rings (SSSR count). The number of anilines is 2. The van der Waals surface area contributed by atoms with Gasteiger partial charge in [0.15, 0.2) is 5.65 Å². The number of halogens is 1. The van der Waals surface area contributed by atoms with Crippen LogP contribution in [0.5, 0.6) is 0 Å². The van der Waals surface area contributed by atoms with Gasteiger partial charge in [-0.1, -0.05) is 36.4 Å². The predicted octanol–water partition coefficient (Wildman–Crippen LogP) is 5.52. The van der Waals surface area contributed by atoms with E-state index in [0.29, 0.717) is 17.8 Å². The number of amides is 3. The summed E-state index contributed by atoms with van der Waals surface area (Å²) in [5, 5.41) is 7.97. The van der Waals surface area contributed by atoms with Gasteiger partial charge in [-0.25, -0.2) is 18.7 Å². The van der Waals surface area contributed by atoms with Crippen molar-refractivity contribution in [3.63, 3.8) is 0 Å². The lowest BCUT2D eigenvalue weighted by molar-refractivity contribution is -0.120.